The van der Waals surface area contributed by atoms with Crippen molar-refractivity contribution in [1.82, 2.24) is 10.3 Å². The number of allylic oxidation sites excluding steroid dienone is 1. The fourth-order valence-electron chi connectivity index (χ4n) is 3.82. The average Bonchev–Trinajstić information content (AvgIpc) is 2.96. The maximum atomic E-state index is 13.6. The van der Waals surface area contributed by atoms with E-state index in [2.05, 4.69) is 21.5 Å². The first-order chi connectivity index (χ1) is 19.5. The summed E-state index contributed by atoms with van der Waals surface area (Å²) in [7, 11) is 0. The molecule has 8 nitrogen and oxygen atoms in total. The molecule has 212 valence electrons. The fraction of sp³-hybridized carbons (Fsp3) is 0.250. The Bertz CT molecular complexity index is 1460. The molecule has 2 N–H and O–H groups in total. The van der Waals surface area contributed by atoms with E-state index in [9.17, 15) is 14.0 Å². The molecule has 1 aliphatic rings. The maximum Gasteiger partial charge on any atom is 0.252 e. The minimum atomic E-state index is -1.43. The number of nitrogens with one attached hydrogen (secondary N) is 2. The van der Waals surface area contributed by atoms with Gasteiger partial charge in [-0.05, 0) is 81.8 Å². The summed E-state index contributed by atoms with van der Waals surface area (Å²) in [4.78, 5) is 27.2. The van der Waals surface area contributed by atoms with Crippen molar-refractivity contribution in [2.75, 3.05) is 11.9 Å². The van der Waals surface area contributed by atoms with Crippen LogP contribution < -0.4 is 15.4 Å². The summed E-state index contributed by atoms with van der Waals surface area (Å²) in [5.41, 5.74) is 2.76. The molecule has 0 saturated carbocycles. The number of anilines is 1. The van der Waals surface area contributed by atoms with Crippen molar-refractivity contribution in [2.45, 2.75) is 45.4 Å². The van der Waals surface area contributed by atoms with E-state index in [0.717, 1.165) is 11.1 Å². The summed E-state index contributed by atoms with van der Waals surface area (Å²) in [6.07, 6.45) is 3.22. The number of rotatable bonds is 11. The molecule has 0 radical (unpaired) electrons. The minimum absolute atomic E-state index is 0.0839. The van der Waals surface area contributed by atoms with Gasteiger partial charge in [0.15, 0.2) is 0 Å². The van der Waals surface area contributed by atoms with Crippen LogP contribution in [0.2, 0.25) is 0 Å². The van der Waals surface area contributed by atoms with Gasteiger partial charge in [-0.15, -0.1) is 0 Å². The molecule has 0 saturated heterocycles. The molecule has 0 spiro atoms. The van der Waals surface area contributed by atoms with Crippen LogP contribution in [-0.2, 0) is 20.9 Å². The van der Waals surface area contributed by atoms with Crippen LogP contribution in [0.5, 0.6) is 11.5 Å². The third kappa shape index (κ3) is 7.69. The van der Waals surface area contributed by atoms with Crippen molar-refractivity contribution in [3.05, 3.63) is 108 Å². The van der Waals surface area contributed by atoms with Crippen LogP contribution in [0.1, 0.15) is 33.3 Å². The van der Waals surface area contributed by atoms with Crippen LogP contribution in [0.4, 0.5) is 10.1 Å². The van der Waals surface area contributed by atoms with Gasteiger partial charge in [0.05, 0.1) is 25.6 Å². The molecule has 2 amide bonds. The Morgan fingerprint density at radius 3 is 2.17 bits per heavy atom. The van der Waals surface area contributed by atoms with Gasteiger partial charge in [0, 0.05) is 11.3 Å². The highest BCUT2D eigenvalue weighted by Crippen LogP contribution is 2.25. The summed E-state index contributed by atoms with van der Waals surface area (Å²) in [5.74, 6) is -0.242. The Kier molecular flexibility index (Phi) is 9.02. The van der Waals surface area contributed by atoms with Gasteiger partial charge < -0.3 is 20.1 Å². The largest absolute Gasteiger partial charge is 0.457 e. The third-order valence-corrected chi connectivity index (χ3v) is 6.47. The lowest BCUT2D eigenvalue weighted by Crippen LogP contribution is -2.63. The molecule has 41 heavy (non-hydrogen) atoms. The molecule has 4 rings (SSSR count). The molecule has 1 aliphatic heterocycles. The van der Waals surface area contributed by atoms with Gasteiger partial charge in [-0.2, -0.15) is 5.10 Å². The number of nitrogens with zero attached hydrogens (tertiary/aromatic N) is 2. The van der Waals surface area contributed by atoms with Gasteiger partial charge in [0.1, 0.15) is 28.4 Å². The van der Waals surface area contributed by atoms with Gasteiger partial charge in [-0.3, -0.25) is 14.6 Å². The number of hydrogen-bond acceptors (Lipinski definition) is 6. The molecular weight excluding hydrogens is 523 g/mol. The molecule has 0 fully saturated rings. The monoisotopic (exact) mass is 556 g/mol. The normalized spacial score (nSPS) is 14.2. The minimum Gasteiger partial charge on any atom is -0.457 e. The molecular formula is C32H33FN4O4. The van der Waals surface area contributed by atoms with Crippen LogP contribution in [0.15, 0.2) is 101 Å². The quantitative estimate of drug-likeness (QED) is 0.292. The Morgan fingerprint density at radius 2 is 1.56 bits per heavy atom. The van der Waals surface area contributed by atoms with Crippen molar-refractivity contribution in [1.29, 1.82) is 0 Å². The smallest absolute Gasteiger partial charge is 0.252 e. The summed E-state index contributed by atoms with van der Waals surface area (Å²) in [6, 6.07) is 22.0. The highest BCUT2D eigenvalue weighted by atomic mass is 19.1. The average molecular weight is 557 g/mol. The number of hydrazone groups is 1. The first-order valence-corrected chi connectivity index (χ1v) is 13.1. The zero-order valence-corrected chi connectivity index (χ0v) is 23.5. The van der Waals surface area contributed by atoms with E-state index in [0.29, 0.717) is 17.2 Å². The zero-order valence-electron chi connectivity index (χ0n) is 23.5. The number of halogens is 1. The number of hydrogen-bond donors (Lipinski definition) is 2. The van der Waals surface area contributed by atoms with E-state index in [1.54, 1.807) is 57.5 Å². The summed E-state index contributed by atoms with van der Waals surface area (Å²) < 4.78 is 24.8. The lowest BCUT2D eigenvalue weighted by molar-refractivity contribution is -0.138. The van der Waals surface area contributed by atoms with E-state index >= 15 is 0 Å². The van der Waals surface area contributed by atoms with Gasteiger partial charge in [-0.1, -0.05) is 36.1 Å². The van der Waals surface area contributed by atoms with E-state index in [1.165, 1.54) is 29.3 Å². The van der Waals surface area contributed by atoms with Gasteiger partial charge in [0.25, 0.3) is 5.91 Å². The van der Waals surface area contributed by atoms with Crippen molar-refractivity contribution in [2.24, 2.45) is 5.10 Å². The SMILES string of the molecule is CC1=C=CN(C(C)(C)C(=O)NC(C)(COCc2ccccc2)C(=O)Nc2ccc(Oc3ccc(F)cc3)cc2)N=C1. The van der Waals surface area contributed by atoms with Gasteiger partial charge >= 0.3 is 0 Å². The Hall–Kier alpha value is -4.72. The lowest BCUT2D eigenvalue weighted by atomic mass is 9.97. The van der Waals surface area contributed by atoms with Gasteiger partial charge in [0.2, 0.25) is 5.91 Å². The number of carbonyl (C=O) groups excluding carboxylic acids is 2. The zero-order chi connectivity index (χ0) is 29.5. The van der Waals surface area contributed by atoms with Crippen molar-refractivity contribution in [3.8, 4) is 11.5 Å². The third-order valence-electron chi connectivity index (χ3n) is 6.47. The van der Waals surface area contributed by atoms with Crippen LogP contribution >= 0.6 is 0 Å². The van der Waals surface area contributed by atoms with Crippen LogP contribution in [0.3, 0.4) is 0 Å². The van der Waals surface area contributed by atoms with Gasteiger partial charge in [-0.25, -0.2) is 4.39 Å². The Labute approximate surface area is 239 Å². The molecule has 1 unspecified atom stereocenters. The number of benzene rings is 3. The van der Waals surface area contributed by atoms with Crippen LogP contribution in [0.25, 0.3) is 0 Å². The molecule has 3 aromatic rings. The molecule has 9 heteroatoms. The second-order valence-corrected chi connectivity index (χ2v) is 10.4. The van der Waals surface area contributed by atoms with Crippen molar-refractivity contribution < 1.29 is 23.5 Å². The molecule has 0 aliphatic carbocycles. The van der Waals surface area contributed by atoms with Crippen molar-refractivity contribution >= 4 is 23.7 Å². The van der Waals surface area contributed by atoms with E-state index in [4.69, 9.17) is 9.47 Å². The second-order valence-electron chi connectivity index (χ2n) is 10.4. The van der Waals surface area contributed by atoms with E-state index < -0.39 is 22.9 Å². The van der Waals surface area contributed by atoms with E-state index in [1.807, 2.05) is 37.3 Å². The predicted molar refractivity (Wildman–Crippen MR) is 156 cm³/mol. The van der Waals surface area contributed by atoms with Crippen LogP contribution in [-0.4, -0.2) is 40.7 Å². The molecule has 0 bridgehead atoms. The lowest BCUT2D eigenvalue weighted by Gasteiger charge is -2.37. The van der Waals surface area contributed by atoms with E-state index in [-0.39, 0.29) is 19.0 Å². The Balaban J connectivity index is 1.48. The first-order valence-electron chi connectivity index (χ1n) is 13.1. The molecule has 0 aromatic heterocycles. The highest BCUT2D eigenvalue weighted by Gasteiger charge is 2.42. The second kappa shape index (κ2) is 12.6. The molecule has 3 aromatic carbocycles. The topological polar surface area (TPSA) is 92.3 Å². The van der Waals surface area contributed by atoms with Crippen LogP contribution in [0, 0.1) is 5.82 Å². The number of ether oxygens (including phenoxy) is 2. The summed E-state index contributed by atoms with van der Waals surface area (Å²) >= 11 is 0. The molecule has 1 heterocycles. The fourth-order valence-corrected chi connectivity index (χ4v) is 3.82. The Morgan fingerprint density at radius 1 is 0.927 bits per heavy atom. The highest BCUT2D eigenvalue weighted by molar-refractivity contribution is 6.01. The molecule has 1 atom stereocenters. The predicted octanol–water partition coefficient (Wildman–Crippen LogP) is 5.79. The summed E-state index contributed by atoms with van der Waals surface area (Å²) in [6.45, 7) is 7.08. The van der Waals surface area contributed by atoms with Crippen molar-refractivity contribution in [3.63, 3.8) is 0 Å². The first kappa shape index (κ1) is 29.3. The standard InChI is InChI=1S/C32H33FN4O4/c1-23-18-19-37(34-20-23)31(2,3)29(38)36-32(4,22-40-21-24-8-6-5-7-9-24)30(39)35-26-12-16-28(17-13-26)41-27-14-10-25(33)11-15-27/h5-17,19-20H,21-22H2,1-4H3,(H,35,39)(H,36,38). The maximum absolute atomic E-state index is 13.6. The summed E-state index contributed by atoms with van der Waals surface area (Å²) in [5, 5.41) is 11.6. The number of amides is 2. The number of carbonyl (C=O) groups is 2.